The third-order valence-electron chi connectivity index (χ3n) is 4.75. The highest BCUT2D eigenvalue weighted by atomic mass is 32.2. The zero-order valence-electron chi connectivity index (χ0n) is 16.9. The minimum Gasteiger partial charge on any atom is -0.505 e. The summed E-state index contributed by atoms with van der Waals surface area (Å²) in [5.74, 6) is 0.345. The van der Waals surface area contributed by atoms with Crippen molar-refractivity contribution in [3.8, 4) is 5.75 Å². The highest BCUT2D eigenvalue weighted by molar-refractivity contribution is 7.99. The maximum Gasteiger partial charge on any atom is 0.255 e. The van der Waals surface area contributed by atoms with E-state index in [0.29, 0.717) is 17.8 Å². The van der Waals surface area contributed by atoms with E-state index >= 15 is 0 Å². The Morgan fingerprint density at radius 3 is 2.39 bits per heavy atom. The molecule has 2 N–H and O–H groups in total. The average Bonchev–Trinajstić information content (AvgIpc) is 2.82. The lowest BCUT2D eigenvalue weighted by Gasteiger charge is -2.09. The molecule has 4 aromatic rings. The van der Waals surface area contributed by atoms with Gasteiger partial charge < -0.3 is 10.4 Å². The van der Waals surface area contributed by atoms with Crippen molar-refractivity contribution in [2.75, 3.05) is 12.3 Å². The van der Waals surface area contributed by atoms with Gasteiger partial charge in [-0.25, -0.2) is 4.98 Å². The van der Waals surface area contributed by atoms with E-state index in [1.54, 1.807) is 23.9 Å². The van der Waals surface area contributed by atoms with Crippen molar-refractivity contribution in [2.24, 2.45) is 0 Å². The quantitative estimate of drug-likeness (QED) is 0.297. The summed E-state index contributed by atoms with van der Waals surface area (Å²) >= 11 is 1.67. The molecule has 31 heavy (non-hydrogen) atoms. The zero-order chi connectivity index (χ0) is 21.5. The number of phenolic OH excluding ortho intramolecular Hbond substituents is 1. The van der Waals surface area contributed by atoms with E-state index in [2.05, 4.69) is 10.3 Å². The van der Waals surface area contributed by atoms with Crippen LogP contribution in [0, 0.1) is 0 Å². The van der Waals surface area contributed by atoms with Crippen molar-refractivity contribution >= 4 is 40.7 Å². The Kier molecular flexibility index (Phi) is 6.65. The van der Waals surface area contributed by atoms with Crippen LogP contribution < -0.4 is 5.32 Å². The molecule has 0 saturated carbocycles. The Bertz CT molecular complexity index is 1210. The Hall–Kier alpha value is -3.57. The molecule has 0 unspecified atom stereocenters. The first-order chi connectivity index (χ1) is 15.2. The van der Waals surface area contributed by atoms with E-state index in [-0.39, 0.29) is 17.2 Å². The molecule has 0 aliphatic heterocycles. The topological polar surface area (TPSA) is 62.2 Å². The van der Waals surface area contributed by atoms with Gasteiger partial charge in [-0.3, -0.25) is 4.79 Å². The summed E-state index contributed by atoms with van der Waals surface area (Å²) < 4.78 is 0. The molecule has 0 aliphatic rings. The van der Waals surface area contributed by atoms with Crippen LogP contribution in [0.2, 0.25) is 0 Å². The van der Waals surface area contributed by atoms with E-state index in [1.165, 1.54) is 0 Å². The summed E-state index contributed by atoms with van der Waals surface area (Å²) in [7, 11) is 0. The number of aromatic hydroxyl groups is 1. The molecule has 1 amide bonds. The first kappa shape index (κ1) is 20.7. The Morgan fingerprint density at radius 1 is 0.903 bits per heavy atom. The van der Waals surface area contributed by atoms with Crippen molar-refractivity contribution in [2.45, 2.75) is 4.90 Å². The van der Waals surface area contributed by atoms with Gasteiger partial charge in [0.15, 0.2) is 5.75 Å². The maximum atomic E-state index is 12.6. The van der Waals surface area contributed by atoms with Gasteiger partial charge in [0.05, 0.1) is 11.3 Å². The van der Waals surface area contributed by atoms with Gasteiger partial charge in [0.25, 0.3) is 5.91 Å². The number of benzene rings is 3. The normalized spacial score (nSPS) is 11.1. The second-order valence-electron chi connectivity index (χ2n) is 6.93. The average molecular weight is 427 g/mol. The van der Waals surface area contributed by atoms with Crippen LogP contribution in [-0.2, 0) is 0 Å². The predicted molar refractivity (Wildman–Crippen MR) is 128 cm³/mol. The lowest BCUT2D eigenvalue weighted by atomic mass is 10.1. The third-order valence-corrected chi connectivity index (χ3v) is 5.76. The van der Waals surface area contributed by atoms with Crippen LogP contribution in [0.3, 0.4) is 0 Å². The van der Waals surface area contributed by atoms with Crippen LogP contribution in [0.5, 0.6) is 5.75 Å². The van der Waals surface area contributed by atoms with Gasteiger partial charge in [0.1, 0.15) is 5.52 Å². The van der Waals surface area contributed by atoms with Crippen LogP contribution in [-0.4, -0.2) is 28.3 Å². The molecule has 154 valence electrons. The summed E-state index contributed by atoms with van der Waals surface area (Å²) in [4.78, 5) is 18.3. The number of nitrogens with one attached hydrogen (secondary N) is 1. The smallest absolute Gasteiger partial charge is 0.255 e. The number of phenols is 1. The fourth-order valence-electron chi connectivity index (χ4n) is 3.16. The van der Waals surface area contributed by atoms with Crippen LogP contribution in [0.25, 0.3) is 23.1 Å². The summed E-state index contributed by atoms with van der Waals surface area (Å²) in [5, 5.41) is 14.4. The highest BCUT2D eigenvalue weighted by Gasteiger charge is 2.14. The zero-order valence-corrected chi connectivity index (χ0v) is 17.7. The van der Waals surface area contributed by atoms with Crippen LogP contribution >= 0.6 is 11.8 Å². The Labute approximate surface area is 185 Å². The van der Waals surface area contributed by atoms with Gasteiger partial charge in [0, 0.05) is 22.6 Å². The molecular weight excluding hydrogens is 404 g/mol. The minimum atomic E-state index is -0.305. The third kappa shape index (κ3) is 5.32. The van der Waals surface area contributed by atoms with Gasteiger partial charge in [-0.1, -0.05) is 66.7 Å². The number of pyridine rings is 1. The number of fused-ring (bicyclic) bond motifs is 1. The molecule has 5 heteroatoms. The molecule has 0 saturated heterocycles. The predicted octanol–water partition coefficient (Wildman–Crippen LogP) is 5.63. The van der Waals surface area contributed by atoms with Gasteiger partial charge in [0.2, 0.25) is 0 Å². The fraction of sp³-hybridized carbons (Fsp3) is 0.0769. The lowest BCUT2D eigenvalue weighted by molar-refractivity contribution is 0.0953. The van der Waals surface area contributed by atoms with Crippen LogP contribution in [0.15, 0.2) is 89.8 Å². The van der Waals surface area contributed by atoms with E-state index in [0.717, 1.165) is 21.6 Å². The highest BCUT2D eigenvalue weighted by Crippen LogP contribution is 2.28. The molecule has 0 atom stereocenters. The number of carbonyl (C=O) groups excluding carboxylic acids is 1. The van der Waals surface area contributed by atoms with Crippen LogP contribution in [0.4, 0.5) is 0 Å². The molecule has 4 rings (SSSR count). The Morgan fingerprint density at radius 2 is 1.61 bits per heavy atom. The van der Waals surface area contributed by atoms with Crippen LogP contribution in [0.1, 0.15) is 21.6 Å². The number of amides is 1. The molecule has 3 aromatic carbocycles. The fourth-order valence-corrected chi connectivity index (χ4v) is 3.95. The number of rotatable bonds is 7. The van der Waals surface area contributed by atoms with Crippen molar-refractivity contribution in [1.82, 2.24) is 10.3 Å². The second kappa shape index (κ2) is 9.96. The van der Waals surface area contributed by atoms with Crippen molar-refractivity contribution in [3.05, 3.63) is 102 Å². The van der Waals surface area contributed by atoms with Crippen molar-refractivity contribution in [1.29, 1.82) is 0 Å². The number of nitrogens with zero attached hydrogens (tertiary/aromatic N) is 1. The maximum absolute atomic E-state index is 12.6. The lowest BCUT2D eigenvalue weighted by Crippen LogP contribution is -2.25. The van der Waals surface area contributed by atoms with E-state index in [4.69, 9.17) is 0 Å². The molecule has 0 radical (unpaired) electrons. The monoisotopic (exact) mass is 426 g/mol. The summed E-state index contributed by atoms with van der Waals surface area (Å²) in [6.45, 7) is 0.503. The minimum absolute atomic E-state index is 0.0966. The first-order valence-corrected chi connectivity index (χ1v) is 11.0. The van der Waals surface area contributed by atoms with E-state index < -0.39 is 0 Å². The first-order valence-electron chi connectivity index (χ1n) is 10.0. The van der Waals surface area contributed by atoms with Crippen molar-refractivity contribution in [3.63, 3.8) is 0 Å². The molecule has 0 spiro atoms. The van der Waals surface area contributed by atoms with Gasteiger partial charge >= 0.3 is 0 Å². The molecule has 1 aromatic heterocycles. The molecule has 1 heterocycles. The van der Waals surface area contributed by atoms with E-state index in [1.807, 2.05) is 84.9 Å². The van der Waals surface area contributed by atoms with E-state index in [9.17, 15) is 9.90 Å². The van der Waals surface area contributed by atoms with Gasteiger partial charge in [-0.05, 0) is 35.9 Å². The largest absolute Gasteiger partial charge is 0.505 e. The van der Waals surface area contributed by atoms with Crippen molar-refractivity contribution < 1.29 is 9.90 Å². The molecule has 0 fully saturated rings. The number of hydrogen-bond acceptors (Lipinski definition) is 4. The molecule has 0 aliphatic carbocycles. The Balaban J connectivity index is 1.45. The summed E-state index contributed by atoms with van der Waals surface area (Å²) in [5.41, 5.74) is 2.43. The molecule has 4 nitrogen and oxygen atoms in total. The van der Waals surface area contributed by atoms with Gasteiger partial charge in [-0.2, -0.15) is 0 Å². The van der Waals surface area contributed by atoms with Gasteiger partial charge in [-0.15, -0.1) is 11.8 Å². The number of thioether (sulfide) groups is 1. The number of carbonyl (C=O) groups is 1. The summed E-state index contributed by atoms with van der Waals surface area (Å²) in [6, 6.07) is 27.2. The molecular formula is C26H22N2O2S. The second-order valence-corrected chi connectivity index (χ2v) is 8.10. The number of aromatic nitrogens is 1. The standard InChI is InChI=1S/C26H22N2O2S/c29-25-23(26(30)27-17-18-31-22-9-5-2-6-10-22)16-13-20-12-15-21(28-24(20)25)14-11-19-7-3-1-4-8-19/h1-16,29H,17-18H2,(H,27,30)/b14-11+. The number of hydrogen-bond donors (Lipinski definition) is 2. The summed E-state index contributed by atoms with van der Waals surface area (Å²) in [6.07, 6.45) is 3.86. The SMILES string of the molecule is O=C(NCCSc1ccccc1)c1ccc2ccc(/C=C/c3ccccc3)nc2c1O. The molecule has 0 bridgehead atoms.